The molecule has 1 nitrogen and oxygen atoms in total. The van der Waals surface area contributed by atoms with E-state index in [2.05, 4.69) is 90.8 Å². The highest BCUT2D eigenvalue weighted by molar-refractivity contribution is 5.63. The molecule has 24 heavy (non-hydrogen) atoms. The average molecular weight is 315 g/mol. The Morgan fingerprint density at radius 1 is 0.958 bits per heavy atom. The molecule has 1 unspecified atom stereocenters. The van der Waals surface area contributed by atoms with Crippen LogP contribution in [0.4, 0.5) is 0 Å². The third-order valence-corrected chi connectivity index (χ3v) is 4.59. The van der Waals surface area contributed by atoms with Crippen molar-refractivity contribution < 1.29 is 0 Å². The van der Waals surface area contributed by atoms with E-state index in [4.69, 9.17) is 0 Å². The van der Waals surface area contributed by atoms with Gasteiger partial charge in [0.25, 0.3) is 0 Å². The van der Waals surface area contributed by atoms with Crippen molar-refractivity contribution in [2.24, 2.45) is 0 Å². The normalized spacial score (nSPS) is 19.3. The molecule has 122 valence electrons. The summed E-state index contributed by atoms with van der Waals surface area (Å²) < 4.78 is 0. The summed E-state index contributed by atoms with van der Waals surface area (Å²) in [6.07, 6.45) is 11.8. The zero-order valence-corrected chi connectivity index (χ0v) is 14.1. The molecule has 0 saturated carbocycles. The van der Waals surface area contributed by atoms with Crippen LogP contribution >= 0.6 is 0 Å². The van der Waals surface area contributed by atoms with E-state index in [1.54, 1.807) is 0 Å². The van der Waals surface area contributed by atoms with Crippen LogP contribution in [0, 0.1) is 0 Å². The molecular formula is C23H25N. The number of rotatable bonds is 7. The maximum atomic E-state index is 4.24. The SMILES string of the molecule is C=C(CCNC1(Cc2ccccc2)C=CC=CC1)c1ccccc1. The smallest absolute Gasteiger partial charge is 0.0443 e. The molecule has 1 atom stereocenters. The first-order valence-electron chi connectivity index (χ1n) is 8.64. The van der Waals surface area contributed by atoms with Gasteiger partial charge in [-0.05, 0) is 42.5 Å². The quantitative estimate of drug-likeness (QED) is 0.742. The summed E-state index contributed by atoms with van der Waals surface area (Å²) in [5, 5.41) is 3.79. The Hall–Kier alpha value is -2.38. The van der Waals surface area contributed by atoms with Crippen molar-refractivity contribution in [3.63, 3.8) is 0 Å². The number of allylic oxidation sites excluding steroid dienone is 2. The second-order valence-corrected chi connectivity index (χ2v) is 6.46. The summed E-state index contributed by atoms with van der Waals surface area (Å²) in [4.78, 5) is 0. The number of nitrogens with one attached hydrogen (secondary N) is 1. The van der Waals surface area contributed by atoms with E-state index in [1.165, 1.54) is 16.7 Å². The Labute approximate surface area is 145 Å². The minimum absolute atomic E-state index is 0.00702. The topological polar surface area (TPSA) is 12.0 Å². The Morgan fingerprint density at radius 3 is 2.33 bits per heavy atom. The predicted molar refractivity (Wildman–Crippen MR) is 104 cm³/mol. The van der Waals surface area contributed by atoms with Crippen LogP contribution in [0.1, 0.15) is 24.0 Å². The first-order chi connectivity index (χ1) is 11.8. The molecule has 1 heteroatoms. The van der Waals surface area contributed by atoms with Gasteiger partial charge in [-0.3, -0.25) is 0 Å². The van der Waals surface area contributed by atoms with Crippen molar-refractivity contribution in [3.8, 4) is 0 Å². The Morgan fingerprint density at radius 2 is 1.67 bits per heavy atom. The van der Waals surface area contributed by atoms with E-state index in [-0.39, 0.29) is 5.54 Å². The summed E-state index contributed by atoms with van der Waals surface area (Å²) in [7, 11) is 0. The van der Waals surface area contributed by atoms with Crippen molar-refractivity contribution in [1.82, 2.24) is 5.32 Å². The van der Waals surface area contributed by atoms with E-state index in [0.29, 0.717) is 0 Å². The lowest BCUT2D eigenvalue weighted by Crippen LogP contribution is -2.46. The van der Waals surface area contributed by atoms with Gasteiger partial charge in [0.05, 0.1) is 0 Å². The molecule has 2 aromatic rings. The van der Waals surface area contributed by atoms with Crippen molar-refractivity contribution in [2.75, 3.05) is 6.54 Å². The van der Waals surface area contributed by atoms with Crippen LogP contribution in [0.25, 0.3) is 5.57 Å². The predicted octanol–water partition coefficient (Wildman–Crippen LogP) is 5.18. The largest absolute Gasteiger partial charge is 0.307 e. The fourth-order valence-corrected chi connectivity index (χ4v) is 3.23. The zero-order valence-electron chi connectivity index (χ0n) is 14.1. The molecule has 0 bridgehead atoms. The van der Waals surface area contributed by atoms with Gasteiger partial charge in [0.2, 0.25) is 0 Å². The van der Waals surface area contributed by atoms with Crippen LogP contribution in [0.5, 0.6) is 0 Å². The monoisotopic (exact) mass is 315 g/mol. The lowest BCUT2D eigenvalue weighted by Gasteiger charge is -2.33. The molecule has 3 rings (SSSR count). The third kappa shape index (κ3) is 4.33. The van der Waals surface area contributed by atoms with E-state index in [9.17, 15) is 0 Å². The molecule has 0 radical (unpaired) electrons. The first-order valence-corrected chi connectivity index (χ1v) is 8.64. The minimum Gasteiger partial charge on any atom is -0.307 e. The molecule has 1 aliphatic rings. The van der Waals surface area contributed by atoms with Crippen molar-refractivity contribution in [1.29, 1.82) is 0 Å². The van der Waals surface area contributed by atoms with Gasteiger partial charge in [-0.25, -0.2) is 0 Å². The number of hydrogen-bond donors (Lipinski definition) is 1. The maximum Gasteiger partial charge on any atom is 0.0443 e. The second-order valence-electron chi connectivity index (χ2n) is 6.46. The van der Waals surface area contributed by atoms with Gasteiger partial charge < -0.3 is 5.32 Å². The van der Waals surface area contributed by atoms with E-state index in [0.717, 1.165) is 25.8 Å². The molecule has 1 aliphatic carbocycles. The Kier molecular flexibility index (Phi) is 5.45. The van der Waals surface area contributed by atoms with Gasteiger partial charge in [-0.15, -0.1) is 0 Å². The molecule has 0 amide bonds. The van der Waals surface area contributed by atoms with E-state index in [1.807, 2.05) is 6.07 Å². The summed E-state index contributed by atoms with van der Waals surface area (Å²) >= 11 is 0. The fourth-order valence-electron chi connectivity index (χ4n) is 3.23. The van der Waals surface area contributed by atoms with Gasteiger partial charge >= 0.3 is 0 Å². The van der Waals surface area contributed by atoms with E-state index >= 15 is 0 Å². The molecule has 0 aliphatic heterocycles. The van der Waals surface area contributed by atoms with Crippen LogP contribution in [0.2, 0.25) is 0 Å². The lowest BCUT2D eigenvalue weighted by atomic mass is 9.84. The molecule has 1 N–H and O–H groups in total. The summed E-state index contributed by atoms with van der Waals surface area (Å²) in [5.41, 5.74) is 3.79. The molecule has 0 saturated heterocycles. The molecule has 2 aromatic carbocycles. The molecule has 0 heterocycles. The number of hydrogen-bond acceptors (Lipinski definition) is 1. The van der Waals surface area contributed by atoms with Crippen LogP contribution in [0.3, 0.4) is 0 Å². The van der Waals surface area contributed by atoms with Crippen LogP contribution in [0.15, 0.2) is 91.5 Å². The summed E-state index contributed by atoms with van der Waals surface area (Å²) in [6.45, 7) is 5.17. The zero-order chi connectivity index (χ0) is 16.7. The lowest BCUT2D eigenvalue weighted by molar-refractivity contribution is 0.404. The average Bonchev–Trinajstić information content (AvgIpc) is 2.64. The standard InChI is InChI=1S/C23H25N/c1-20(22-13-7-3-8-14-22)15-18-24-23(16-9-4-10-17-23)19-21-11-5-2-6-12-21/h2-14,16,24H,1,15,17-19H2. The van der Waals surface area contributed by atoms with Crippen molar-refractivity contribution in [2.45, 2.75) is 24.8 Å². The molecular weight excluding hydrogens is 290 g/mol. The van der Waals surface area contributed by atoms with Crippen LogP contribution in [-0.2, 0) is 6.42 Å². The van der Waals surface area contributed by atoms with Gasteiger partial charge in [0.15, 0.2) is 0 Å². The molecule has 0 spiro atoms. The van der Waals surface area contributed by atoms with Gasteiger partial charge in [-0.2, -0.15) is 0 Å². The van der Waals surface area contributed by atoms with Crippen molar-refractivity contribution >= 4 is 5.57 Å². The highest BCUT2D eigenvalue weighted by Crippen LogP contribution is 2.24. The van der Waals surface area contributed by atoms with Crippen LogP contribution in [-0.4, -0.2) is 12.1 Å². The molecule has 0 fully saturated rings. The maximum absolute atomic E-state index is 4.24. The highest BCUT2D eigenvalue weighted by atomic mass is 15.0. The fraction of sp³-hybridized carbons (Fsp3) is 0.217. The first kappa shape index (κ1) is 16.5. The Balaban J connectivity index is 1.62. The van der Waals surface area contributed by atoms with Gasteiger partial charge in [0.1, 0.15) is 0 Å². The summed E-state index contributed by atoms with van der Waals surface area (Å²) in [5.74, 6) is 0. The van der Waals surface area contributed by atoms with Crippen molar-refractivity contribution in [3.05, 3.63) is 103 Å². The molecule has 0 aromatic heterocycles. The van der Waals surface area contributed by atoms with Gasteiger partial charge in [-0.1, -0.05) is 91.5 Å². The second kappa shape index (κ2) is 7.94. The Bertz CT molecular complexity index is 712. The highest BCUT2D eigenvalue weighted by Gasteiger charge is 2.26. The summed E-state index contributed by atoms with van der Waals surface area (Å²) in [6, 6.07) is 21.2. The minimum atomic E-state index is 0.00702. The van der Waals surface area contributed by atoms with Gasteiger partial charge in [0, 0.05) is 5.54 Å². The van der Waals surface area contributed by atoms with E-state index < -0.39 is 0 Å². The number of benzene rings is 2. The van der Waals surface area contributed by atoms with Crippen LogP contribution < -0.4 is 5.32 Å². The third-order valence-electron chi connectivity index (χ3n) is 4.59.